The third-order valence-corrected chi connectivity index (χ3v) is 2.92. The van der Waals surface area contributed by atoms with Gasteiger partial charge in [-0.2, -0.15) is 0 Å². The third-order valence-electron chi connectivity index (χ3n) is 2.92. The molecule has 1 amide bonds. The molecule has 4 nitrogen and oxygen atoms in total. The van der Waals surface area contributed by atoms with Crippen molar-refractivity contribution < 1.29 is 9.53 Å². The van der Waals surface area contributed by atoms with E-state index in [1.54, 1.807) is 0 Å². The molecule has 0 bridgehead atoms. The average Bonchev–Trinajstić information content (AvgIpc) is 2.43. The molecule has 1 rings (SSSR count). The van der Waals surface area contributed by atoms with E-state index in [-0.39, 0.29) is 5.91 Å². The van der Waals surface area contributed by atoms with Crippen molar-refractivity contribution in [1.29, 1.82) is 0 Å². The van der Waals surface area contributed by atoms with Crippen LogP contribution in [-0.4, -0.2) is 37.0 Å². The summed E-state index contributed by atoms with van der Waals surface area (Å²) in [6.07, 6.45) is 0.815. The van der Waals surface area contributed by atoms with Gasteiger partial charge in [0.05, 0.1) is 12.2 Å². The van der Waals surface area contributed by atoms with Gasteiger partial charge in [0.1, 0.15) is 5.75 Å². The predicted molar refractivity (Wildman–Crippen MR) is 82.0 cm³/mol. The molecule has 1 aromatic rings. The molecule has 0 aliphatic rings. The quantitative estimate of drug-likeness (QED) is 0.795. The Bertz CT molecular complexity index is 419. The number of amides is 1. The van der Waals surface area contributed by atoms with Crippen LogP contribution >= 0.6 is 0 Å². The summed E-state index contributed by atoms with van der Waals surface area (Å²) in [5.74, 6) is 1.11. The lowest BCUT2D eigenvalue weighted by atomic mass is 10.1. The highest BCUT2D eigenvalue weighted by Crippen LogP contribution is 2.20. The molecule has 0 aliphatic carbocycles. The van der Waals surface area contributed by atoms with Crippen LogP contribution in [0, 0.1) is 5.92 Å². The standard InChI is InChI=1S/C16H26N2O2/c1-4-20-15-9-6-5-8-14(15)16(19)18(11-7-10-17)12-13(2)3/h5-6,8-9,13H,4,7,10-12,17H2,1-3H3. The maximum absolute atomic E-state index is 12.7. The van der Waals surface area contributed by atoms with Crippen LogP contribution in [-0.2, 0) is 0 Å². The van der Waals surface area contributed by atoms with E-state index in [1.807, 2.05) is 36.1 Å². The number of rotatable bonds is 8. The second kappa shape index (κ2) is 8.59. The maximum atomic E-state index is 12.7. The summed E-state index contributed by atoms with van der Waals surface area (Å²) < 4.78 is 5.55. The minimum Gasteiger partial charge on any atom is -0.493 e. The van der Waals surface area contributed by atoms with Gasteiger partial charge < -0.3 is 15.4 Å². The zero-order valence-corrected chi connectivity index (χ0v) is 12.8. The van der Waals surface area contributed by atoms with Gasteiger partial charge in [-0.25, -0.2) is 0 Å². The second-order valence-corrected chi connectivity index (χ2v) is 5.22. The molecule has 4 heteroatoms. The molecule has 0 radical (unpaired) electrons. The van der Waals surface area contributed by atoms with E-state index in [4.69, 9.17) is 10.5 Å². The van der Waals surface area contributed by atoms with Crippen LogP contribution in [0.3, 0.4) is 0 Å². The van der Waals surface area contributed by atoms with Gasteiger partial charge in [-0.3, -0.25) is 4.79 Å². The normalized spacial score (nSPS) is 10.7. The van der Waals surface area contributed by atoms with Crippen molar-refractivity contribution in [3.05, 3.63) is 29.8 Å². The van der Waals surface area contributed by atoms with E-state index in [9.17, 15) is 4.79 Å². The van der Waals surface area contributed by atoms with Crippen molar-refractivity contribution in [2.75, 3.05) is 26.2 Å². The molecule has 0 aromatic heterocycles. The third kappa shape index (κ3) is 4.85. The van der Waals surface area contributed by atoms with E-state index in [1.165, 1.54) is 0 Å². The smallest absolute Gasteiger partial charge is 0.257 e. The number of carbonyl (C=O) groups excluding carboxylic acids is 1. The molecule has 1 aromatic carbocycles. The number of carbonyl (C=O) groups is 1. The molecule has 0 aliphatic heterocycles. The summed E-state index contributed by atoms with van der Waals surface area (Å²) in [4.78, 5) is 14.6. The van der Waals surface area contributed by atoms with Crippen molar-refractivity contribution in [2.24, 2.45) is 11.7 Å². The second-order valence-electron chi connectivity index (χ2n) is 5.22. The lowest BCUT2D eigenvalue weighted by Crippen LogP contribution is -2.36. The van der Waals surface area contributed by atoms with Crippen molar-refractivity contribution in [2.45, 2.75) is 27.2 Å². The van der Waals surface area contributed by atoms with Crippen molar-refractivity contribution in [3.63, 3.8) is 0 Å². The Labute approximate surface area is 121 Å². The predicted octanol–water partition coefficient (Wildman–Crippen LogP) is 2.53. The Kier molecular flexibility index (Phi) is 7.09. The molecule has 2 N–H and O–H groups in total. The van der Waals surface area contributed by atoms with Crippen LogP contribution in [0.5, 0.6) is 5.75 Å². The summed E-state index contributed by atoms with van der Waals surface area (Å²) >= 11 is 0. The lowest BCUT2D eigenvalue weighted by Gasteiger charge is -2.25. The number of para-hydroxylation sites is 1. The Balaban J connectivity index is 2.92. The van der Waals surface area contributed by atoms with Gasteiger partial charge in [0.15, 0.2) is 0 Å². The molecule has 0 fully saturated rings. The Hall–Kier alpha value is -1.55. The molecule has 112 valence electrons. The summed E-state index contributed by atoms with van der Waals surface area (Å²) in [6.45, 7) is 8.70. The molecular weight excluding hydrogens is 252 g/mol. The summed E-state index contributed by atoms with van der Waals surface area (Å²) in [5, 5.41) is 0. The number of hydrogen-bond donors (Lipinski definition) is 1. The fraction of sp³-hybridized carbons (Fsp3) is 0.562. The highest BCUT2D eigenvalue weighted by Gasteiger charge is 2.19. The Morgan fingerprint density at radius 3 is 2.65 bits per heavy atom. The Morgan fingerprint density at radius 2 is 2.05 bits per heavy atom. The molecule has 0 saturated carbocycles. The molecule has 0 spiro atoms. The van der Waals surface area contributed by atoms with E-state index < -0.39 is 0 Å². The SMILES string of the molecule is CCOc1ccccc1C(=O)N(CCCN)CC(C)C. The molecule has 0 unspecified atom stereocenters. The van der Waals surface area contributed by atoms with Gasteiger partial charge in [-0.15, -0.1) is 0 Å². The molecule has 20 heavy (non-hydrogen) atoms. The van der Waals surface area contributed by atoms with Crippen LogP contribution in [0.1, 0.15) is 37.6 Å². The zero-order valence-electron chi connectivity index (χ0n) is 12.8. The van der Waals surface area contributed by atoms with Gasteiger partial charge in [0.25, 0.3) is 5.91 Å². The topological polar surface area (TPSA) is 55.6 Å². The van der Waals surface area contributed by atoms with Gasteiger partial charge >= 0.3 is 0 Å². The average molecular weight is 278 g/mol. The zero-order chi connectivity index (χ0) is 15.0. The minimum absolute atomic E-state index is 0.0243. The summed E-state index contributed by atoms with van der Waals surface area (Å²) in [5.41, 5.74) is 6.19. The van der Waals surface area contributed by atoms with Gasteiger partial charge in [-0.1, -0.05) is 26.0 Å². The monoisotopic (exact) mass is 278 g/mol. The van der Waals surface area contributed by atoms with E-state index in [0.29, 0.717) is 36.9 Å². The molecule has 0 atom stereocenters. The van der Waals surface area contributed by atoms with Gasteiger partial charge in [-0.05, 0) is 37.9 Å². The Morgan fingerprint density at radius 1 is 1.35 bits per heavy atom. The van der Waals surface area contributed by atoms with Gasteiger partial charge in [0.2, 0.25) is 0 Å². The van der Waals surface area contributed by atoms with Crippen LogP contribution in [0.4, 0.5) is 0 Å². The van der Waals surface area contributed by atoms with Gasteiger partial charge in [0, 0.05) is 13.1 Å². The summed E-state index contributed by atoms with van der Waals surface area (Å²) in [6, 6.07) is 7.41. The number of nitrogens with two attached hydrogens (primary N) is 1. The lowest BCUT2D eigenvalue weighted by molar-refractivity contribution is 0.0731. The first kappa shape index (κ1) is 16.5. The molecule has 0 saturated heterocycles. The largest absolute Gasteiger partial charge is 0.493 e. The first-order valence-corrected chi connectivity index (χ1v) is 7.31. The summed E-state index contributed by atoms with van der Waals surface area (Å²) in [7, 11) is 0. The fourth-order valence-corrected chi connectivity index (χ4v) is 2.09. The number of benzene rings is 1. The first-order valence-electron chi connectivity index (χ1n) is 7.31. The highest BCUT2D eigenvalue weighted by atomic mass is 16.5. The number of nitrogens with zero attached hydrogens (tertiary/aromatic N) is 1. The molecular formula is C16H26N2O2. The van der Waals surface area contributed by atoms with E-state index in [2.05, 4.69) is 13.8 Å². The highest BCUT2D eigenvalue weighted by molar-refractivity contribution is 5.96. The van der Waals surface area contributed by atoms with E-state index >= 15 is 0 Å². The maximum Gasteiger partial charge on any atom is 0.257 e. The van der Waals surface area contributed by atoms with Crippen LogP contribution < -0.4 is 10.5 Å². The van der Waals surface area contributed by atoms with Crippen LogP contribution in [0.25, 0.3) is 0 Å². The number of hydrogen-bond acceptors (Lipinski definition) is 3. The van der Waals surface area contributed by atoms with Crippen molar-refractivity contribution >= 4 is 5.91 Å². The van der Waals surface area contributed by atoms with Crippen molar-refractivity contribution in [1.82, 2.24) is 4.90 Å². The van der Waals surface area contributed by atoms with Crippen LogP contribution in [0.15, 0.2) is 24.3 Å². The first-order chi connectivity index (χ1) is 9.60. The minimum atomic E-state index is 0.0243. The van der Waals surface area contributed by atoms with E-state index in [0.717, 1.165) is 13.0 Å². The van der Waals surface area contributed by atoms with Crippen molar-refractivity contribution in [3.8, 4) is 5.75 Å². The van der Waals surface area contributed by atoms with Crippen LogP contribution in [0.2, 0.25) is 0 Å². The molecule has 0 heterocycles. The number of ether oxygens (including phenoxy) is 1. The fourth-order valence-electron chi connectivity index (χ4n) is 2.09.